The Balaban J connectivity index is 1.85. The first-order valence-corrected chi connectivity index (χ1v) is 8.43. The van der Waals surface area contributed by atoms with Gasteiger partial charge in [-0.15, -0.1) is 0 Å². The summed E-state index contributed by atoms with van der Waals surface area (Å²) in [6.45, 7) is 3.65. The van der Waals surface area contributed by atoms with Gasteiger partial charge < -0.3 is 9.30 Å². The van der Waals surface area contributed by atoms with E-state index in [1.54, 1.807) is 24.3 Å². The average molecular weight is 308 g/mol. The van der Waals surface area contributed by atoms with Crippen LogP contribution in [0.3, 0.4) is 0 Å². The first kappa shape index (κ1) is 15.6. The molecule has 0 fully saturated rings. The second-order valence-corrected chi connectivity index (χ2v) is 6.34. The van der Waals surface area contributed by atoms with Gasteiger partial charge in [0.25, 0.3) is 0 Å². The van der Waals surface area contributed by atoms with Crippen LogP contribution in [0.2, 0.25) is 0 Å². The molecular formula is C15H20N2O3S. The quantitative estimate of drug-likeness (QED) is 0.761. The van der Waals surface area contributed by atoms with Gasteiger partial charge in [-0.05, 0) is 49.7 Å². The minimum absolute atomic E-state index is 0.256. The summed E-state index contributed by atoms with van der Waals surface area (Å²) >= 11 is 0. The highest BCUT2D eigenvalue weighted by Crippen LogP contribution is 2.15. The molecule has 0 atom stereocenters. The van der Waals surface area contributed by atoms with Gasteiger partial charge in [0, 0.05) is 25.5 Å². The lowest BCUT2D eigenvalue weighted by molar-refractivity contribution is 0.340. The molecule has 0 aliphatic carbocycles. The third-order valence-corrected chi connectivity index (χ3v) is 4.47. The third kappa shape index (κ3) is 4.61. The highest BCUT2D eigenvalue weighted by Gasteiger charge is 2.12. The Morgan fingerprint density at radius 3 is 2.43 bits per heavy atom. The summed E-state index contributed by atoms with van der Waals surface area (Å²) in [5, 5.41) is 0. The van der Waals surface area contributed by atoms with Crippen molar-refractivity contribution in [2.24, 2.45) is 0 Å². The molecule has 0 unspecified atom stereocenters. The van der Waals surface area contributed by atoms with E-state index in [2.05, 4.69) is 4.72 Å². The van der Waals surface area contributed by atoms with Crippen LogP contribution in [-0.2, 0) is 16.6 Å². The molecule has 5 nitrogen and oxygen atoms in total. The molecule has 1 N–H and O–H groups in total. The topological polar surface area (TPSA) is 60.3 Å². The summed E-state index contributed by atoms with van der Waals surface area (Å²) in [4.78, 5) is 0.256. The molecule has 0 saturated carbocycles. The number of nitrogens with one attached hydrogen (secondary N) is 1. The van der Waals surface area contributed by atoms with E-state index in [0.29, 0.717) is 18.9 Å². The molecule has 0 aliphatic rings. The van der Waals surface area contributed by atoms with Crippen LogP contribution in [0.1, 0.15) is 13.3 Å². The molecule has 1 aromatic heterocycles. The summed E-state index contributed by atoms with van der Waals surface area (Å²) in [6, 6.07) is 10.3. The molecular weight excluding hydrogens is 288 g/mol. The SMILES string of the molecule is CCOc1ccc(S(=O)(=O)NCCCn2cccc2)cc1. The fourth-order valence-electron chi connectivity index (χ4n) is 1.95. The van der Waals surface area contributed by atoms with Crippen molar-refractivity contribution in [1.82, 2.24) is 9.29 Å². The molecule has 0 bridgehead atoms. The number of nitrogens with zero attached hydrogens (tertiary/aromatic N) is 1. The van der Waals surface area contributed by atoms with E-state index in [1.165, 1.54) is 0 Å². The predicted octanol–water partition coefficient (Wildman–Crippen LogP) is 2.26. The summed E-state index contributed by atoms with van der Waals surface area (Å²) in [7, 11) is -3.45. The van der Waals surface area contributed by atoms with Crippen LogP contribution in [0.15, 0.2) is 53.7 Å². The zero-order valence-corrected chi connectivity index (χ0v) is 12.8. The summed E-state index contributed by atoms with van der Waals surface area (Å²) in [5.41, 5.74) is 0. The number of sulfonamides is 1. The predicted molar refractivity (Wildman–Crippen MR) is 81.8 cm³/mol. The smallest absolute Gasteiger partial charge is 0.240 e. The van der Waals surface area contributed by atoms with Gasteiger partial charge in [-0.2, -0.15) is 0 Å². The van der Waals surface area contributed by atoms with E-state index in [1.807, 2.05) is 36.0 Å². The Kier molecular flexibility index (Phi) is 5.41. The van der Waals surface area contributed by atoms with Gasteiger partial charge in [-0.1, -0.05) is 0 Å². The van der Waals surface area contributed by atoms with Gasteiger partial charge in [0.1, 0.15) is 5.75 Å². The van der Waals surface area contributed by atoms with E-state index >= 15 is 0 Å². The molecule has 0 radical (unpaired) electrons. The lowest BCUT2D eigenvalue weighted by Gasteiger charge is -2.08. The summed E-state index contributed by atoms with van der Waals surface area (Å²) in [5.74, 6) is 0.670. The average Bonchev–Trinajstić information content (AvgIpc) is 2.98. The van der Waals surface area contributed by atoms with Gasteiger partial charge in [0.05, 0.1) is 11.5 Å². The van der Waals surface area contributed by atoms with E-state index in [4.69, 9.17) is 4.74 Å². The molecule has 6 heteroatoms. The number of aromatic nitrogens is 1. The second-order valence-electron chi connectivity index (χ2n) is 4.58. The van der Waals surface area contributed by atoms with Crippen molar-refractivity contribution in [1.29, 1.82) is 0 Å². The Morgan fingerprint density at radius 2 is 1.81 bits per heavy atom. The number of ether oxygens (including phenoxy) is 1. The fraction of sp³-hybridized carbons (Fsp3) is 0.333. The Morgan fingerprint density at radius 1 is 1.14 bits per heavy atom. The van der Waals surface area contributed by atoms with Gasteiger partial charge in [0.2, 0.25) is 10.0 Å². The van der Waals surface area contributed by atoms with Gasteiger partial charge in [0.15, 0.2) is 0 Å². The van der Waals surface area contributed by atoms with Crippen LogP contribution >= 0.6 is 0 Å². The molecule has 0 aliphatic heterocycles. The van der Waals surface area contributed by atoms with Crippen LogP contribution in [-0.4, -0.2) is 26.1 Å². The number of benzene rings is 1. The van der Waals surface area contributed by atoms with E-state index in [-0.39, 0.29) is 4.90 Å². The lowest BCUT2D eigenvalue weighted by Crippen LogP contribution is -2.25. The summed E-state index contributed by atoms with van der Waals surface area (Å²) in [6.07, 6.45) is 4.66. The molecule has 0 spiro atoms. The van der Waals surface area contributed by atoms with Crippen LogP contribution < -0.4 is 9.46 Å². The van der Waals surface area contributed by atoms with Crippen LogP contribution in [0.25, 0.3) is 0 Å². The normalized spacial score (nSPS) is 11.5. The monoisotopic (exact) mass is 308 g/mol. The first-order valence-electron chi connectivity index (χ1n) is 6.95. The second kappa shape index (κ2) is 7.28. The van der Waals surface area contributed by atoms with E-state index < -0.39 is 10.0 Å². The lowest BCUT2D eigenvalue weighted by atomic mass is 10.3. The van der Waals surface area contributed by atoms with Gasteiger partial charge in [-0.25, -0.2) is 13.1 Å². The first-order chi connectivity index (χ1) is 10.1. The maximum Gasteiger partial charge on any atom is 0.240 e. The Hall–Kier alpha value is -1.79. The molecule has 21 heavy (non-hydrogen) atoms. The number of hydrogen-bond acceptors (Lipinski definition) is 3. The number of rotatable bonds is 8. The van der Waals surface area contributed by atoms with Crippen molar-refractivity contribution in [2.75, 3.05) is 13.2 Å². The van der Waals surface area contributed by atoms with Crippen molar-refractivity contribution in [3.63, 3.8) is 0 Å². The Labute approximate surface area is 125 Å². The Bertz CT molecular complexity index is 634. The van der Waals surface area contributed by atoms with E-state index in [9.17, 15) is 8.42 Å². The standard InChI is InChI=1S/C15H20N2O3S/c1-2-20-14-6-8-15(9-7-14)21(18,19)16-10-5-13-17-11-3-4-12-17/h3-4,6-9,11-12,16H,2,5,10,13H2,1H3. The van der Waals surface area contributed by atoms with Crippen molar-refractivity contribution in [3.8, 4) is 5.75 Å². The zero-order valence-electron chi connectivity index (χ0n) is 12.0. The third-order valence-electron chi connectivity index (χ3n) is 3.00. The molecule has 2 rings (SSSR count). The maximum atomic E-state index is 12.1. The minimum Gasteiger partial charge on any atom is -0.494 e. The molecule has 2 aromatic rings. The highest BCUT2D eigenvalue weighted by atomic mass is 32.2. The van der Waals surface area contributed by atoms with Crippen LogP contribution in [0.5, 0.6) is 5.75 Å². The fourth-order valence-corrected chi connectivity index (χ4v) is 3.03. The highest BCUT2D eigenvalue weighted by molar-refractivity contribution is 7.89. The van der Waals surface area contributed by atoms with Crippen LogP contribution in [0, 0.1) is 0 Å². The van der Waals surface area contributed by atoms with Gasteiger partial charge in [-0.3, -0.25) is 0 Å². The molecule has 1 heterocycles. The number of hydrogen-bond donors (Lipinski definition) is 1. The number of aryl methyl sites for hydroxylation is 1. The molecule has 0 amide bonds. The van der Waals surface area contributed by atoms with Crippen LogP contribution in [0.4, 0.5) is 0 Å². The minimum atomic E-state index is -3.45. The summed E-state index contributed by atoms with van der Waals surface area (Å²) < 4.78 is 34.1. The largest absolute Gasteiger partial charge is 0.494 e. The molecule has 0 saturated heterocycles. The van der Waals surface area contributed by atoms with Crippen molar-refractivity contribution < 1.29 is 13.2 Å². The maximum absolute atomic E-state index is 12.1. The van der Waals surface area contributed by atoms with Crippen molar-refractivity contribution in [3.05, 3.63) is 48.8 Å². The molecule has 1 aromatic carbocycles. The molecule has 114 valence electrons. The van der Waals surface area contributed by atoms with Crippen molar-refractivity contribution in [2.45, 2.75) is 24.8 Å². The van der Waals surface area contributed by atoms with Crippen molar-refractivity contribution >= 4 is 10.0 Å². The zero-order chi connectivity index (χ0) is 15.1. The van der Waals surface area contributed by atoms with E-state index in [0.717, 1.165) is 13.0 Å². The van der Waals surface area contributed by atoms with Gasteiger partial charge >= 0.3 is 0 Å².